The SMILES string of the molecule is CCc1ccc(N(Cc2cccs2)C(=O)c2ccc(Cl)cc2)cc1. The molecule has 3 rings (SSSR count). The zero-order chi connectivity index (χ0) is 16.9. The van der Waals surface area contributed by atoms with Gasteiger partial charge in [-0.05, 0) is 59.8 Å². The number of hydrogen-bond acceptors (Lipinski definition) is 2. The van der Waals surface area contributed by atoms with Crippen molar-refractivity contribution in [2.45, 2.75) is 19.9 Å². The molecule has 0 bridgehead atoms. The van der Waals surface area contributed by atoms with Gasteiger partial charge in [0.05, 0.1) is 6.54 Å². The summed E-state index contributed by atoms with van der Waals surface area (Å²) in [5, 5.41) is 2.66. The van der Waals surface area contributed by atoms with Crippen molar-refractivity contribution in [2.24, 2.45) is 0 Å². The Morgan fingerprint density at radius 3 is 2.33 bits per heavy atom. The van der Waals surface area contributed by atoms with Crippen molar-refractivity contribution < 1.29 is 4.79 Å². The van der Waals surface area contributed by atoms with Crippen LogP contribution >= 0.6 is 22.9 Å². The lowest BCUT2D eigenvalue weighted by atomic mass is 10.1. The van der Waals surface area contributed by atoms with E-state index in [0.29, 0.717) is 17.1 Å². The van der Waals surface area contributed by atoms with Crippen LogP contribution in [0.2, 0.25) is 5.02 Å². The van der Waals surface area contributed by atoms with E-state index in [0.717, 1.165) is 17.0 Å². The van der Waals surface area contributed by atoms with E-state index in [1.54, 1.807) is 35.6 Å². The number of nitrogens with zero attached hydrogens (tertiary/aromatic N) is 1. The van der Waals surface area contributed by atoms with Gasteiger partial charge in [-0.3, -0.25) is 4.79 Å². The molecule has 24 heavy (non-hydrogen) atoms. The average Bonchev–Trinajstić information content (AvgIpc) is 3.13. The van der Waals surface area contributed by atoms with Crippen molar-refractivity contribution >= 4 is 34.5 Å². The number of thiophene rings is 1. The number of carbonyl (C=O) groups is 1. The smallest absolute Gasteiger partial charge is 0.258 e. The molecule has 0 aliphatic heterocycles. The van der Waals surface area contributed by atoms with Crippen molar-refractivity contribution in [3.63, 3.8) is 0 Å². The first kappa shape index (κ1) is 16.7. The van der Waals surface area contributed by atoms with Gasteiger partial charge in [-0.1, -0.05) is 36.7 Å². The molecule has 1 aromatic heterocycles. The van der Waals surface area contributed by atoms with Gasteiger partial charge in [0.15, 0.2) is 0 Å². The molecule has 4 heteroatoms. The molecular weight excluding hydrogens is 338 g/mol. The summed E-state index contributed by atoms with van der Waals surface area (Å²) in [6.45, 7) is 2.68. The van der Waals surface area contributed by atoms with Crippen LogP contribution in [0.5, 0.6) is 0 Å². The molecule has 0 atom stereocenters. The van der Waals surface area contributed by atoms with Crippen molar-refractivity contribution in [2.75, 3.05) is 4.90 Å². The fraction of sp³-hybridized carbons (Fsp3) is 0.150. The van der Waals surface area contributed by atoms with Crippen molar-refractivity contribution in [1.29, 1.82) is 0 Å². The van der Waals surface area contributed by atoms with E-state index in [2.05, 4.69) is 19.1 Å². The maximum absolute atomic E-state index is 13.0. The van der Waals surface area contributed by atoms with Gasteiger partial charge in [-0.25, -0.2) is 0 Å². The van der Waals surface area contributed by atoms with Crippen molar-refractivity contribution in [1.82, 2.24) is 0 Å². The third-order valence-corrected chi connectivity index (χ3v) is 5.00. The normalized spacial score (nSPS) is 10.6. The Morgan fingerprint density at radius 2 is 1.75 bits per heavy atom. The van der Waals surface area contributed by atoms with Gasteiger partial charge in [0.2, 0.25) is 0 Å². The fourth-order valence-electron chi connectivity index (χ4n) is 2.50. The minimum atomic E-state index is -0.0238. The van der Waals surface area contributed by atoms with Crippen molar-refractivity contribution in [3.8, 4) is 0 Å². The second kappa shape index (κ2) is 7.65. The Balaban J connectivity index is 1.93. The van der Waals surface area contributed by atoms with Gasteiger partial charge in [-0.15, -0.1) is 11.3 Å². The van der Waals surface area contributed by atoms with Gasteiger partial charge in [-0.2, -0.15) is 0 Å². The molecule has 0 spiro atoms. The van der Waals surface area contributed by atoms with Crippen LogP contribution in [0.25, 0.3) is 0 Å². The Kier molecular flexibility index (Phi) is 5.34. The second-order valence-electron chi connectivity index (χ2n) is 5.50. The Bertz CT molecular complexity index is 795. The van der Waals surface area contributed by atoms with Gasteiger partial charge in [0, 0.05) is 21.2 Å². The molecule has 0 unspecified atom stereocenters. The lowest BCUT2D eigenvalue weighted by Crippen LogP contribution is -2.30. The minimum Gasteiger partial charge on any atom is -0.303 e. The Hall–Kier alpha value is -2.10. The largest absolute Gasteiger partial charge is 0.303 e. The Labute approximate surface area is 151 Å². The highest BCUT2D eigenvalue weighted by Crippen LogP contribution is 2.23. The molecule has 2 aromatic carbocycles. The summed E-state index contributed by atoms with van der Waals surface area (Å²) in [6, 6.07) is 19.3. The lowest BCUT2D eigenvalue weighted by Gasteiger charge is -2.23. The van der Waals surface area contributed by atoms with Crippen LogP contribution in [0.3, 0.4) is 0 Å². The van der Waals surface area contributed by atoms with Crippen LogP contribution in [0.4, 0.5) is 5.69 Å². The van der Waals surface area contributed by atoms with Gasteiger partial charge < -0.3 is 4.90 Å². The number of anilines is 1. The number of rotatable bonds is 5. The van der Waals surface area contributed by atoms with Crippen LogP contribution < -0.4 is 4.90 Å². The topological polar surface area (TPSA) is 20.3 Å². The van der Waals surface area contributed by atoms with E-state index >= 15 is 0 Å². The molecule has 2 nitrogen and oxygen atoms in total. The first-order chi connectivity index (χ1) is 11.7. The molecule has 0 fully saturated rings. The van der Waals surface area contributed by atoms with E-state index in [1.807, 2.05) is 34.5 Å². The van der Waals surface area contributed by atoms with Gasteiger partial charge in [0.1, 0.15) is 0 Å². The fourth-order valence-corrected chi connectivity index (χ4v) is 3.32. The number of aryl methyl sites for hydroxylation is 1. The predicted molar refractivity (Wildman–Crippen MR) is 102 cm³/mol. The second-order valence-corrected chi connectivity index (χ2v) is 6.97. The maximum Gasteiger partial charge on any atom is 0.258 e. The monoisotopic (exact) mass is 355 g/mol. The molecule has 122 valence electrons. The number of hydrogen-bond donors (Lipinski definition) is 0. The van der Waals surface area contributed by atoms with E-state index in [-0.39, 0.29) is 5.91 Å². The summed E-state index contributed by atoms with van der Waals surface area (Å²) in [7, 11) is 0. The summed E-state index contributed by atoms with van der Waals surface area (Å²) >= 11 is 7.59. The highest BCUT2D eigenvalue weighted by atomic mass is 35.5. The lowest BCUT2D eigenvalue weighted by molar-refractivity contribution is 0.0985. The molecule has 0 saturated heterocycles. The van der Waals surface area contributed by atoms with Crippen LogP contribution in [-0.2, 0) is 13.0 Å². The van der Waals surface area contributed by atoms with Gasteiger partial charge >= 0.3 is 0 Å². The third kappa shape index (κ3) is 3.86. The molecule has 3 aromatic rings. The standard InChI is InChI=1S/C20H18ClNOS/c1-2-15-5-11-18(12-6-15)22(14-19-4-3-13-24-19)20(23)16-7-9-17(21)10-8-16/h3-13H,2,14H2,1H3. The first-order valence-electron chi connectivity index (χ1n) is 7.86. The molecule has 0 saturated carbocycles. The summed E-state index contributed by atoms with van der Waals surface area (Å²) < 4.78 is 0. The van der Waals surface area contributed by atoms with Crippen molar-refractivity contribution in [3.05, 3.63) is 87.1 Å². The van der Waals surface area contributed by atoms with Crippen LogP contribution in [0.15, 0.2) is 66.0 Å². The number of benzene rings is 2. The highest BCUT2D eigenvalue weighted by Gasteiger charge is 2.18. The zero-order valence-electron chi connectivity index (χ0n) is 13.4. The Morgan fingerprint density at radius 1 is 1.04 bits per heavy atom. The quantitative estimate of drug-likeness (QED) is 0.565. The predicted octanol–water partition coefficient (Wildman–Crippen LogP) is 5.81. The first-order valence-corrected chi connectivity index (χ1v) is 9.12. The summed E-state index contributed by atoms with van der Waals surface area (Å²) in [5.41, 5.74) is 2.80. The molecular formula is C20H18ClNOS. The highest BCUT2D eigenvalue weighted by molar-refractivity contribution is 7.09. The average molecular weight is 356 g/mol. The van der Waals surface area contributed by atoms with Gasteiger partial charge in [0.25, 0.3) is 5.91 Å². The van der Waals surface area contributed by atoms with E-state index in [9.17, 15) is 4.79 Å². The van der Waals surface area contributed by atoms with Crippen LogP contribution in [-0.4, -0.2) is 5.91 Å². The van der Waals surface area contributed by atoms with Crippen LogP contribution in [0.1, 0.15) is 27.7 Å². The summed E-state index contributed by atoms with van der Waals surface area (Å²) in [4.78, 5) is 16.0. The molecule has 0 radical (unpaired) electrons. The summed E-state index contributed by atoms with van der Waals surface area (Å²) in [5.74, 6) is -0.0238. The van der Waals surface area contributed by atoms with E-state index in [1.165, 1.54) is 5.56 Å². The minimum absolute atomic E-state index is 0.0238. The maximum atomic E-state index is 13.0. The molecule has 0 N–H and O–H groups in total. The third-order valence-electron chi connectivity index (χ3n) is 3.89. The molecule has 0 aliphatic rings. The summed E-state index contributed by atoms with van der Waals surface area (Å²) in [6.07, 6.45) is 0.982. The van der Waals surface area contributed by atoms with E-state index in [4.69, 9.17) is 11.6 Å². The molecule has 1 heterocycles. The number of amides is 1. The molecule has 0 aliphatic carbocycles. The number of carbonyl (C=O) groups excluding carboxylic acids is 1. The molecule has 1 amide bonds. The zero-order valence-corrected chi connectivity index (χ0v) is 15.0. The van der Waals surface area contributed by atoms with E-state index < -0.39 is 0 Å². The number of halogens is 1. The van der Waals surface area contributed by atoms with Crippen LogP contribution in [0, 0.1) is 0 Å².